The van der Waals surface area contributed by atoms with Crippen molar-refractivity contribution < 1.29 is 14.4 Å². The van der Waals surface area contributed by atoms with Gasteiger partial charge >= 0.3 is 6.03 Å². The Hall–Kier alpha value is -2.22. The van der Waals surface area contributed by atoms with Crippen LogP contribution < -0.4 is 16.0 Å². The molecule has 3 atom stereocenters. The first-order valence-electron chi connectivity index (χ1n) is 9.69. The van der Waals surface area contributed by atoms with E-state index in [2.05, 4.69) is 16.0 Å². The van der Waals surface area contributed by atoms with E-state index >= 15 is 0 Å². The van der Waals surface area contributed by atoms with Crippen molar-refractivity contribution in [2.45, 2.75) is 56.1 Å². The quantitative estimate of drug-likeness (QED) is 0.658. The summed E-state index contributed by atoms with van der Waals surface area (Å²) in [5.41, 5.74) is 0.726. The minimum absolute atomic E-state index is 0.00455. The Balaban J connectivity index is 1.57. The van der Waals surface area contributed by atoms with Crippen molar-refractivity contribution in [3.63, 3.8) is 0 Å². The van der Waals surface area contributed by atoms with Gasteiger partial charge in [0, 0.05) is 23.2 Å². The fourth-order valence-electron chi connectivity index (χ4n) is 3.82. The number of anilines is 1. The number of piperidine rings is 1. The maximum absolute atomic E-state index is 12.7. The zero-order chi connectivity index (χ0) is 20.3. The number of thioether (sulfide) groups is 1. The molecule has 2 aliphatic heterocycles. The number of carbonyl (C=O) groups is 3. The molecule has 3 unspecified atom stereocenters. The Morgan fingerprint density at radius 3 is 2.86 bits per heavy atom. The van der Waals surface area contributed by atoms with Gasteiger partial charge in [0.2, 0.25) is 11.8 Å². The molecule has 7 nitrogen and oxygen atoms in total. The summed E-state index contributed by atoms with van der Waals surface area (Å²) in [6.07, 6.45) is 3.70. The van der Waals surface area contributed by atoms with Gasteiger partial charge in [-0.15, -0.1) is 11.8 Å². The molecule has 2 heterocycles. The highest BCUT2D eigenvalue weighted by Gasteiger charge is 2.44. The number of nitrogens with one attached hydrogen (secondary N) is 3. The molecule has 3 N–H and O–H groups in total. The van der Waals surface area contributed by atoms with Gasteiger partial charge in [0.25, 0.3) is 0 Å². The Bertz CT molecular complexity index is 755. The van der Waals surface area contributed by atoms with Crippen molar-refractivity contribution in [1.29, 1.82) is 0 Å². The summed E-state index contributed by atoms with van der Waals surface area (Å²) < 4.78 is 0. The number of urea groups is 1. The topological polar surface area (TPSA) is 90.5 Å². The van der Waals surface area contributed by atoms with E-state index < -0.39 is 12.1 Å². The second kappa shape index (κ2) is 8.86. The van der Waals surface area contributed by atoms with E-state index in [1.807, 2.05) is 44.4 Å². The zero-order valence-electron chi connectivity index (χ0n) is 16.5. The molecule has 2 aliphatic rings. The van der Waals surface area contributed by atoms with Gasteiger partial charge < -0.3 is 20.9 Å². The first kappa shape index (κ1) is 20.5. The summed E-state index contributed by atoms with van der Waals surface area (Å²) in [6, 6.07) is 6.25. The van der Waals surface area contributed by atoms with E-state index in [4.69, 9.17) is 0 Å². The molecule has 2 fully saturated rings. The molecule has 152 valence electrons. The lowest BCUT2D eigenvalue weighted by Gasteiger charge is -2.44. The summed E-state index contributed by atoms with van der Waals surface area (Å²) >= 11 is 1.61. The first-order chi connectivity index (χ1) is 13.4. The van der Waals surface area contributed by atoms with Gasteiger partial charge in [-0.1, -0.05) is 19.9 Å². The molecule has 3 rings (SSSR count). The number of rotatable bonds is 5. The van der Waals surface area contributed by atoms with Gasteiger partial charge in [-0.2, -0.15) is 0 Å². The number of hydrogen-bond acceptors (Lipinski definition) is 4. The number of hydrogen-bond donors (Lipinski definition) is 3. The summed E-state index contributed by atoms with van der Waals surface area (Å²) in [7, 11) is 0. The van der Waals surface area contributed by atoms with E-state index in [9.17, 15) is 14.4 Å². The maximum atomic E-state index is 12.7. The molecule has 2 saturated heterocycles. The Labute approximate surface area is 170 Å². The molecule has 4 amide bonds. The number of carbonyl (C=O) groups excluding carboxylic acids is 3. The second-order valence-corrected chi connectivity index (χ2v) is 8.67. The molecule has 0 aliphatic carbocycles. The van der Waals surface area contributed by atoms with Gasteiger partial charge in [0.05, 0.1) is 0 Å². The van der Waals surface area contributed by atoms with E-state index in [0.717, 1.165) is 10.6 Å². The third kappa shape index (κ3) is 4.79. The van der Waals surface area contributed by atoms with Gasteiger partial charge in [0.1, 0.15) is 12.1 Å². The van der Waals surface area contributed by atoms with Crippen LogP contribution in [0, 0.1) is 5.92 Å². The number of benzene rings is 1. The smallest absolute Gasteiger partial charge is 0.319 e. The van der Waals surface area contributed by atoms with Crippen LogP contribution in [0.3, 0.4) is 0 Å². The van der Waals surface area contributed by atoms with Crippen LogP contribution in [0.25, 0.3) is 0 Å². The number of piperazine rings is 1. The van der Waals surface area contributed by atoms with Gasteiger partial charge in [0.15, 0.2) is 0 Å². The molecule has 0 spiro atoms. The molecular weight excluding hydrogens is 376 g/mol. The lowest BCUT2D eigenvalue weighted by atomic mass is 9.91. The molecule has 0 aromatic heterocycles. The lowest BCUT2D eigenvalue weighted by molar-refractivity contribution is -0.152. The Morgan fingerprint density at radius 1 is 1.36 bits per heavy atom. The van der Waals surface area contributed by atoms with Crippen LogP contribution in [0.5, 0.6) is 0 Å². The van der Waals surface area contributed by atoms with Crippen molar-refractivity contribution >= 4 is 35.3 Å². The normalized spacial score (nSPS) is 24.6. The standard InChI is InChI=1S/C20H28N4O3S/c1-12(2)9-16-19(26)24-8-7-14(11-17(24)18(25)23-16)22-20(27)21-13-5-4-6-15(10-13)28-3/h4-6,10,12,14,16-17H,7-9,11H2,1-3H3,(H,23,25)(H2,21,22,27). The average molecular weight is 405 g/mol. The Kier molecular flexibility index (Phi) is 6.49. The van der Waals surface area contributed by atoms with E-state index in [1.54, 1.807) is 16.7 Å². The fraction of sp³-hybridized carbons (Fsp3) is 0.550. The molecule has 28 heavy (non-hydrogen) atoms. The average Bonchev–Trinajstić information content (AvgIpc) is 2.65. The van der Waals surface area contributed by atoms with Gasteiger partial charge in [-0.25, -0.2) is 4.79 Å². The van der Waals surface area contributed by atoms with Crippen LogP contribution in [0.1, 0.15) is 33.1 Å². The predicted molar refractivity (Wildman–Crippen MR) is 110 cm³/mol. The number of fused-ring (bicyclic) bond motifs is 1. The monoisotopic (exact) mass is 404 g/mol. The zero-order valence-corrected chi connectivity index (χ0v) is 17.3. The van der Waals surface area contributed by atoms with Crippen LogP contribution >= 0.6 is 11.8 Å². The molecule has 1 aromatic carbocycles. The van der Waals surface area contributed by atoms with Crippen molar-refractivity contribution in [3.05, 3.63) is 24.3 Å². The Morgan fingerprint density at radius 2 is 2.14 bits per heavy atom. The van der Waals surface area contributed by atoms with Crippen molar-refractivity contribution in [2.75, 3.05) is 18.1 Å². The predicted octanol–water partition coefficient (Wildman–Crippen LogP) is 2.43. The third-order valence-corrected chi connectivity index (χ3v) is 5.90. The van der Waals surface area contributed by atoms with Crippen LogP contribution in [0.4, 0.5) is 10.5 Å². The molecule has 0 bridgehead atoms. The van der Waals surface area contributed by atoms with E-state index in [1.165, 1.54) is 0 Å². The highest BCUT2D eigenvalue weighted by Crippen LogP contribution is 2.24. The summed E-state index contributed by atoms with van der Waals surface area (Å²) in [4.78, 5) is 40.3. The van der Waals surface area contributed by atoms with Crippen LogP contribution in [0.2, 0.25) is 0 Å². The lowest BCUT2D eigenvalue weighted by Crippen LogP contribution is -2.67. The second-order valence-electron chi connectivity index (χ2n) is 7.79. The fourth-order valence-corrected chi connectivity index (χ4v) is 4.28. The first-order valence-corrected chi connectivity index (χ1v) is 10.9. The maximum Gasteiger partial charge on any atom is 0.319 e. The molecule has 1 aromatic rings. The summed E-state index contributed by atoms with van der Waals surface area (Å²) in [5, 5.41) is 8.64. The van der Waals surface area contributed by atoms with Crippen molar-refractivity contribution in [1.82, 2.24) is 15.5 Å². The van der Waals surface area contributed by atoms with Gasteiger partial charge in [-0.05, 0) is 49.6 Å². The third-order valence-electron chi connectivity index (χ3n) is 5.17. The largest absolute Gasteiger partial charge is 0.342 e. The van der Waals surface area contributed by atoms with Crippen LogP contribution in [0.15, 0.2) is 29.2 Å². The van der Waals surface area contributed by atoms with Crippen LogP contribution in [-0.2, 0) is 9.59 Å². The SMILES string of the molecule is CSc1cccc(NC(=O)NC2CCN3C(=O)C(CC(C)C)NC(=O)C3C2)c1. The summed E-state index contributed by atoms with van der Waals surface area (Å²) in [6.45, 7) is 4.56. The van der Waals surface area contributed by atoms with Crippen LogP contribution in [-0.4, -0.2) is 53.7 Å². The summed E-state index contributed by atoms with van der Waals surface area (Å²) in [5.74, 6) is 0.207. The minimum atomic E-state index is -0.505. The molecule has 0 radical (unpaired) electrons. The number of amides is 4. The molecule has 0 saturated carbocycles. The van der Waals surface area contributed by atoms with Crippen molar-refractivity contribution in [3.8, 4) is 0 Å². The van der Waals surface area contributed by atoms with Gasteiger partial charge in [-0.3, -0.25) is 9.59 Å². The molecule has 8 heteroatoms. The van der Waals surface area contributed by atoms with E-state index in [-0.39, 0.29) is 23.9 Å². The highest BCUT2D eigenvalue weighted by molar-refractivity contribution is 7.98. The molecular formula is C20H28N4O3S. The van der Waals surface area contributed by atoms with Crippen molar-refractivity contribution in [2.24, 2.45) is 5.92 Å². The highest BCUT2D eigenvalue weighted by atomic mass is 32.2. The van der Waals surface area contributed by atoms with E-state index in [0.29, 0.717) is 31.7 Å². The number of nitrogens with zero attached hydrogens (tertiary/aromatic N) is 1. The minimum Gasteiger partial charge on any atom is -0.342 e.